The smallest absolute Gasteiger partial charge is 0.410 e. The largest absolute Gasteiger partial charge is 0.496 e. The van der Waals surface area contributed by atoms with Crippen molar-refractivity contribution in [3.05, 3.63) is 64.5 Å². The minimum atomic E-state index is -0.776. The molecule has 192 valence electrons. The Labute approximate surface area is 210 Å². The van der Waals surface area contributed by atoms with E-state index in [4.69, 9.17) is 14.6 Å². The molecule has 1 heterocycles. The lowest BCUT2D eigenvalue weighted by Crippen LogP contribution is -2.39. The van der Waals surface area contributed by atoms with Gasteiger partial charge in [-0.25, -0.2) is 9.18 Å². The van der Waals surface area contributed by atoms with E-state index in [1.165, 1.54) is 25.3 Å². The van der Waals surface area contributed by atoms with Gasteiger partial charge in [0.25, 0.3) is 0 Å². The van der Waals surface area contributed by atoms with E-state index in [0.717, 1.165) is 29.5 Å². The first kappa shape index (κ1) is 25.7. The molecule has 36 heavy (non-hydrogen) atoms. The van der Waals surface area contributed by atoms with Crippen molar-refractivity contribution < 1.29 is 33.4 Å². The molecule has 0 unspecified atom stereocenters. The highest BCUT2D eigenvalue weighted by atomic mass is 19.1. The molecule has 0 bridgehead atoms. The van der Waals surface area contributed by atoms with E-state index < -0.39 is 11.8 Å². The number of Topliss-reactive ketones (excluding diaryl/α,β-unsaturated/α-hetero) is 1. The number of methoxy groups -OCH3 is 1. The van der Waals surface area contributed by atoms with E-state index in [1.54, 1.807) is 4.90 Å². The van der Waals surface area contributed by atoms with Crippen molar-refractivity contribution in [1.82, 2.24) is 4.90 Å². The lowest BCUT2D eigenvalue weighted by molar-refractivity contribution is -0.138. The number of hydrogen-bond acceptors (Lipinski definition) is 5. The second-order valence-corrected chi connectivity index (χ2v) is 9.75. The molecule has 0 spiro atoms. The number of fused-ring (bicyclic) bond motifs is 1. The standard InChI is InChI=1S/C28H32FNO6/c1-35-26-9-6-23(29)15-22(26)16-24(31)13-19-2-5-21-17-30(11-10-20(21)12-19)28(34)36-25-7-3-18(4-8-25)14-27(32)33/h2,5-6,9,12,15,18,25H,3-4,7-8,10-11,13-14,16-17H2,1H3,(H,32,33). The van der Waals surface area contributed by atoms with Crippen LogP contribution in [0.25, 0.3) is 0 Å². The number of amides is 1. The highest BCUT2D eigenvalue weighted by molar-refractivity contribution is 5.83. The summed E-state index contributed by atoms with van der Waals surface area (Å²) >= 11 is 0. The van der Waals surface area contributed by atoms with Gasteiger partial charge in [-0.3, -0.25) is 9.59 Å². The predicted octanol–water partition coefficient (Wildman–Crippen LogP) is 4.72. The van der Waals surface area contributed by atoms with E-state index in [1.807, 2.05) is 18.2 Å². The number of carbonyl (C=O) groups is 3. The Morgan fingerprint density at radius 2 is 1.81 bits per heavy atom. The number of hydrogen-bond donors (Lipinski definition) is 1. The Morgan fingerprint density at radius 1 is 1.03 bits per heavy atom. The topological polar surface area (TPSA) is 93.1 Å². The summed E-state index contributed by atoms with van der Waals surface area (Å²) in [4.78, 5) is 38.0. The Morgan fingerprint density at radius 3 is 2.53 bits per heavy atom. The van der Waals surface area contributed by atoms with Gasteiger partial charge in [-0.15, -0.1) is 0 Å². The molecular formula is C28H32FNO6. The molecular weight excluding hydrogens is 465 g/mol. The number of carboxylic acid groups (broad SMARTS) is 1. The zero-order chi connectivity index (χ0) is 25.7. The Kier molecular flexibility index (Phi) is 8.23. The van der Waals surface area contributed by atoms with E-state index in [0.29, 0.717) is 43.7 Å². The highest BCUT2D eigenvalue weighted by Crippen LogP contribution is 2.30. The number of ketones is 1. The lowest BCUT2D eigenvalue weighted by Gasteiger charge is -2.32. The molecule has 1 saturated carbocycles. The Balaban J connectivity index is 1.29. The van der Waals surface area contributed by atoms with Crippen molar-refractivity contribution in [2.45, 2.75) is 64.0 Å². The summed E-state index contributed by atoms with van der Waals surface area (Å²) in [5.74, 6) is -0.548. The third kappa shape index (κ3) is 6.62. The van der Waals surface area contributed by atoms with Gasteiger partial charge in [0.2, 0.25) is 0 Å². The van der Waals surface area contributed by atoms with Crippen LogP contribution in [0.5, 0.6) is 5.75 Å². The predicted molar refractivity (Wildman–Crippen MR) is 130 cm³/mol. The first-order valence-electron chi connectivity index (χ1n) is 12.4. The molecule has 4 rings (SSSR count). The summed E-state index contributed by atoms with van der Waals surface area (Å²) in [5.41, 5.74) is 3.57. The molecule has 7 nitrogen and oxygen atoms in total. The van der Waals surface area contributed by atoms with E-state index in [9.17, 15) is 18.8 Å². The third-order valence-corrected chi connectivity index (χ3v) is 7.10. The molecule has 0 aromatic heterocycles. The highest BCUT2D eigenvalue weighted by Gasteiger charge is 2.28. The summed E-state index contributed by atoms with van der Waals surface area (Å²) in [6.45, 7) is 0.995. The molecule has 0 atom stereocenters. The van der Waals surface area contributed by atoms with Crippen molar-refractivity contribution >= 4 is 17.8 Å². The molecule has 1 aliphatic heterocycles. The van der Waals surface area contributed by atoms with Crippen LogP contribution in [0.4, 0.5) is 9.18 Å². The zero-order valence-corrected chi connectivity index (χ0v) is 20.5. The van der Waals surface area contributed by atoms with Gasteiger partial charge in [0.15, 0.2) is 0 Å². The molecule has 1 N–H and O–H groups in total. The van der Waals surface area contributed by atoms with Crippen LogP contribution in [0.2, 0.25) is 0 Å². The fourth-order valence-corrected chi connectivity index (χ4v) is 5.18. The molecule has 8 heteroatoms. The van der Waals surface area contributed by atoms with Gasteiger partial charge in [-0.2, -0.15) is 0 Å². The van der Waals surface area contributed by atoms with Crippen LogP contribution in [0.15, 0.2) is 36.4 Å². The normalized spacial score (nSPS) is 19.3. The summed E-state index contributed by atoms with van der Waals surface area (Å²) in [6, 6.07) is 10.0. The second-order valence-electron chi connectivity index (χ2n) is 9.75. The maximum absolute atomic E-state index is 13.6. The monoisotopic (exact) mass is 497 g/mol. The number of rotatable bonds is 8. The zero-order valence-electron chi connectivity index (χ0n) is 20.5. The first-order chi connectivity index (χ1) is 17.3. The van der Waals surface area contributed by atoms with Gasteiger partial charge in [-0.1, -0.05) is 18.2 Å². The van der Waals surface area contributed by atoms with Gasteiger partial charge >= 0.3 is 12.1 Å². The van der Waals surface area contributed by atoms with Gasteiger partial charge in [0.05, 0.1) is 7.11 Å². The van der Waals surface area contributed by atoms with Crippen LogP contribution in [0.3, 0.4) is 0 Å². The Hall–Kier alpha value is -3.42. The fraction of sp³-hybridized carbons (Fsp3) is 0.464. The number of halogens is 1. The van der Waals surface area contributed by atoms with E-state index >= 15 is 0 Å². The van der Waals surface area contributed by atoms with Crippen LogP contribution in [0.1, 0.15) is 54.4 Å². The maximum atomic E-state index is 13.6. The number of carboxylic acids is 1. The average molecular weight is 498 g/mol. The SMILES string of the molecule is COc1ccc(F)cc1CC(=O)Cc1ccc2c(c1)CCN(C(=O)OC1CCC(CC(=O)O)CC1)C2. The van der Waals surface area contributed by atoms with Crippen LogP contribution >= 0.6 is 0 Å². The van der Waals surface area contributed by atoms with Crippen molar-refractivity contribution in [2.24, 2.45) is 5.92 Å². The van der Waals surface area contributed by atoms with Gasteiger partial charge < -0.3 is 19.5 Å². The number of nitrogens with zero attached hydrogens (tertiary/aromatic N) is 1. The van der Waals surface area contributed by atoms with E-state index in [2.05, 4.69) is 0 Å². The molecule has 2 aromatic rings. The van der Waals surface area contributed by atoms with Crippen LogP contribution in [-0.4, -0.2) is 47.6 Å². The molecule has 0 saturated heterocycles. The first-order valence-corrected chi connectivity index (χ1v) is 12.4. The summed E-state index contributed by atoms with van der Waals surface area (Å²) in [7, 11) is 1.50. The van der Waals surface area contributed by atoms with Crippen LogP contribution < -0.4 is 4.74 Å². The molecule has 1 amide bonds. The lowest BCUT2D eigenvalue weighted by atomic mass is 9.85. The third-order valence-electron chi connectivity index (χ3n) is 7.10. The average Bonchev–Trinajstić information content (AvgIpc) is 2.84. The molecule has 1 aliphatic carbocycles. The number of benzene rings is 2. The van der Waals surface area contributed by atoms with Gasteiger partial charge in [0.1, 0.15) is 23.5 Å². The van der Waals surface area contributed by atoms with Gasteiger partial charge in [0, 0.05) is 37.9 Å². The maximum Gasteiger partial charge on any atom is 0.410 e. The minimum absolute atomic E-state index is 0.0297. The van der Waals surface area contributed by atoms with Crippen molar-refractivity contribution in [3.8, 4) is 5.75 Å². The van der Waals surface area contributed by atoms with E-state index in [-0.39, 0.29) is 43.2 Å². The number of aliphatic carboxylic acids is 1. The fourth-order valence-electron chi connectivity index (χ4n) is 5.18. The quantitative estimate of drug-likeness (QED) is 0.568. The van der Waals surface area contributed by atoms with Gasteiger partial charge in [-0.05, 0) is 72.9 Å². The molecule has 1 fully saturated rings. The minimum Gasteiger partial charge on any atom is -0.496 e. The number of carbonyl (C=O) groups excluding carboxylic acids is 2. The molecule has 2 aromatic carbocycles. The van der Waals surface area contributed by atoms with Crippen LogP contribution in [0, 0.1) is 11.7 Å². The van der Waals surface area contributed by atoms with Crippen molar-refractivity contribution in [3.63, 3.8) is 0 Å². The summed E-state index contributed by atoms with van der Waals surface area (Å²) < 4.78 is 24.6. The molecule has 0 radical (unpaired) electrons. The second kappa shape index (κ2) is 11.5. The van der Waals surface area contributed by atoms with Crippen molar-refractivity contribution in [2.75, 3.05) is 13.7 Å². The van der Waals surface area contributed by atoms with Crippen LogP contribution in [-0.2, 0) is 40.1 Å². The molecule has 2 aliphatic rings. The summed E-state index contributed by atoms with van der Waals surface area (Å²) in [6.07, 6.45) is 3.63. The number of ether oxygens (including phenoxy) is 2. The Bertz CT molecular complexity index is 1130. The summed E-state index contributed by atoms with van der Waals surface area (Å²) in [5, 5.41) is 8.95. The van der Waals surface area contributed by atoms with Crippen molar-refractivity contribution in [1.29, 1.82) is 0 Å².